The van der Waals surface area contributed by atoms with Gasteiger partial charge in [0.2, 0.25) is 5.91 Å². The number of pyridine rings is 1. The maximum atomic E-state index is 13.4. The molecule has 1 atom stereocenters. The lowest BCUT2D eigenvalue weighted by Crippen LogP contribution is -2.57. The highest BCUT2D eigenvalue weighted by Crippen LogP contribution is 2.32. The summed E-state index contributed by atoms with van der Waals surface area (Å²) in [5, 5.41) is 0. The number of hydrogen-bond acceptors (Lipinski definition) is 3. The van der Waals surface area contributed by atoms with Crippen LogP contribution in [0.2, 0.25) is 0 Å². The highest BCUT2D eigenvalue weighted by Gasteiger charge is 2.39. The number of aromatic nitrogens is 1. The molecule has 0 radical (unpaired) electrons. The van der Waals surface area contributed by atoms with E-state index in [0.717, 1.165) is 24.0 Å². The Bertz CT molecular complexity index is 900. The molecule has 1 aromatic heterocycles. The van der Waals surface area contributed by atoms with Gasteiger partial charge in [-0.1, -0.05) is 36.9 Å². The molecule has 5 nitrogen and oxygen atoms in total. The molecule has 152 valence electrons. The number of nitrogens with zero attached hydrogens (tertiary/aromatic N) is 3. The lowest BCUT2D eigenvalue weighted by molar-refractivity contribution is -0.138. The monoisotopic (exact) mass is 403 g/mol. The molecule has 3 rings (SSSR count). The molecule has 2 amide bonds. The first-order chi connectivity index (χ1) is 13.8. The number of hydrogen-bond donors (Lipinski definition) is 0. The number of alkyl halides is 3. The van der Waals surface area contributed by atoms with E-state index in [0.29, 0.717) is 6.42 Å². The normalized spacial score (nSPS) is 17.1. The third kappa shape index (κ3) is 4.64. The molecule has 0 bridgehead atoms. The molecule has 1 aliphatic heterocycles. The van der Waals surface area contributed by atoms with Crippen LogP contribution in [0, 0.1) is 0 Å². The summed E-state index contributed by atoms with van der Waals surface area (Å²) in [6.45, 7) is 4.05. The summed E-state index contributed by atoms with van der Waals surface area (Å²) in [5.41, 5.74) is -0.576. The maximum absolute atomic E-state index is 13.4. The van der Waals surface area contributed by atoms with E-state index in [4.69, 9.17) is 0 Å². The van der Waals surface area contributed by atoms with Crippen LogP contribution in [0.15, 0.2) is 61.4 Å². The largest absolute Gasteiger partial charge is 0.417 e. The van der Waals surface area contributed by atoms with E-state index in [1.54, 1.807) is 4.90 Å². The first-order valence-electron chi connectivity index (χ1n) is 9.08. The molecule has 2 heterocycles. The van der Waals surface area contributed by atoms with Crippen molar-refractivity contribution in [3.63, 3.8) is 0 Å². The summed E-state index contributed by atoms with van der Waals surface area (Å²) >= 11 is 0. The molecule has 0 saturated carbocycles. The van der Waals surface area contributed by atoms with Crippen LogP contribution in [0.3, 0.4) is 0 Å². The van der Waals surface area contributed by atoms with Gasteiger partial charge in [0.25, 0.3) is 5.91 Å². The Morgan fingerprint density at radius 3 is 2.55 bits per heavy atom. The minimum atomic E-state index is -4.66. The molecule has 1 unspecified atom stereocenters. The van der Waals surface area contributed by atoms with Crippen molar-refractivity contribution in [3.8, 4) is 0 Å². The van der Waals surface area contributed by atoms with E-state index >= 15 is 0 Å². The fourth-order valence-electron chi connectivity index (χ4n) is 3.48. The molecule has 2 aromatic rings. The smallest absolute Gasteiger partial charge is 0.335 e. The van der Waals surface area contributed by atoms with Gasteiger partial charge in [-0.3, -0.25) is 14.6 Å². The van der Waals surface area contributed by atoms with Crippen LogP contribution >= 0.6 is 0 Å². The summed E-state index contributed by atoms with van der Waals surface area (Å²) < 4.78 is 40.1. The topological polar surface area (TPSA) is 53.5 Å². The Morgan fingerprint density at radius 1 is 1.17 bits per heavy atom. The van der Waals surface area contributed by atoms with E-state index < -0.39 is 29.3 Å². The Hall–Kier alpha value is -3.16. The van der Waals surface area contributed by atoms with Crippen molar-refractivity contribution in [2.45, 2.75) is 18.6 Å². The third-order valence-corrected chi connectivity index (χ3v) is 4.90. The average molecular weight is 403 g/mol. The molecule has 0 N–H and O–H groups in total. The minimum absolute atomic E-state index is 0.127. The first-order valence-corrected chi connectivity index (χ1v) is 9.08. The number of benzene rings is 1. The maximum Gasteiger partial charge on any atom is 0.417 e. The second-order valence-electron chi connectivity index (χ2n) is 6.75. The molecule has 0 spiro atoms. The Morgan fingerprint density at radius 2 is 1.90 bits per heavy atom. The number of carbonyl (C=O) groups excluding carboxylic acids is 2. The fourth-order valence-corrected chi connectivity index (χ4v) is 3.48. The second-order valence-corrected chi connectivity index (χ2v) is 6.75. The SMILES string of the molecule is C=CC(=O)N1CCN(C(=O)c2cnccc2C(F)(F)F)C(Cc2ccccc2)C1. The van der Waals surface area contributed by atoms with Crippen LogP contribution in [0.25, 0.3) is 0 Å². The quantitative estimate of drug-likeness (QED) is 0.737. The standard InChI is InChI=1S/C21H20F3N3O2/c1-2-19(28)26-10-11-27(16(14-26)12-15-6-4-3-5-7-15)20(29)17-13-25-9-8-18(17)21(22,23)24/h2-9,13,16H,1,10-12,14H2. The van der Waals surface area contributed by atoms with E-state index in [1.165, 1.54) is 11.0 Å². The highest BCUT2D eigenvalue weighted by molar-refractivity contribution is 5.96. The summed E-state index contributed by atoms with van der Waals surface area (Å²) in [7, 11) is 0. The number of rotatable bonds is 4. The summed E-state index contributed by atoms with van der Waals surface area (Å²) in [4.78, 5) is 31.8. The molecule has 1 fully saturated rings. The van der Waals surface area contributed by atoms with Crippen molar-refractivity contribution >= 4 is 11.8 Å². The molecular weight excluding hydrogens is 383 g/mol. The first kappa shape index (κ1) is 20.6. The molecule has 0 aliphatic carbocycles. The molecule has 1 aliphatic rings. The van der Waals surface area contributed by atoms with Crippen molar-refractivity contribution in [1.29, 1.82) is 0 Å². The van der Waals surface area contributed by atoms with Gasteiger partial charge in [-0.2, -0.15) is 13.2 Å². The van der Waals surface area contributed by atoms with Gasteiger partial charge in [0, 0.05) is 32.0 Å². The van der Waals surface area contributed by atoms with Crippen molar-refractivity contribution in [1.82, 2.24) is 14.8 Å². The number of piperazine rings is 1. The van der Waals surface area contributed by atoms with E-state index in [1.807, 2.05) is 30.3 Å². The molecular formula is C21H20F3N3O2. The highest BCUT2D eigenvalue weighted by atomic mass is 19.4. The van der Waals surface area contributed by atoms with Gasteiger partial charge in [-0.25, -0.2) is 0 Å². The summed E-state index contributed by atoms with van der Waals surface area (Å²) in [5.74, 6) is -1.01. The van der Waals surface area contributed by atoms with Crippen LogP contribution in [0.1, 0.15) is 21.5 Å². The van der Waals surface area contributed by atoms with Crippen molar-refractivity contribution < 1.29 is 22.8 Å². The zero-order valence-electron chi connectivity index (χ0n) is 15.6. The van der Waals surface area contributed by atoms with Crippen LogP contribution in [-0.2, 0) is 17.4 Å². The predicted molar refractivity (Wildman–Crippen MR) is 101 cm³/mol. The zero-order valence-corrected chi connectivity index (χ0v) is 15.6. The van der Waals surface area contributed by atoms with Crippen molar-refractivity contribution in [3.05, 3.63) is 78.1 Å². The van der Waals surface area contributed by atoms with Crippen LogP contribution in [0.5, 0.6) is 0 Å². The van der Waals surface area contributed by atoms with Gasteiger partial charge in [-0.05, 0) is 24.1 Å². The fraction of sp³-hybridized carbons (Fsp3) is 0.286. The van der Waals surface area contributed by atoms with Crippen LogP contribution < -0.4 is 0 Å². The Kier molecular flexibility index (Phi) is 6.00. The summed E-state index contributed by atoms with van der Waals surface area (Å²) in [6.07, 6.45) is -1.09. The zero-order chi connectivity index (χ0) is 21.0. The van der Waals surface area contributed by atoms with Gasteiger partial charge in [-0.15, -0.1) is 0 Å². The van der Waals surface area contributed by atoms with Crippen LogP contribution in [0.4, 0.5) is 13.2 Å². The van der Waals surface area contributed by atoms with Crippen molar-refractivity contribution in [2.24, 2.45) is 0 Å². The molecule has 1 aromatic carbocycles. The molecule has 8 heteroatoms. The molecule has 29 heavy (non-hydrogen) atoms. The summed E-state index contributed by atoms with van der Waals surface area (Å²) in [6, 6.07) is 9.64. The average Bonchev–Trinajstić information content (AvgIpc) is 2.72. The van der Waals surface area contributed by atoms with Gasteiger partial charge in [0.1, 0.15) is 0 Å². The third-order valence-electron chi connectivity index (χ3n) is 4.90. The lowest BCUT2D eigenvalue weighted by Gasteiger charge is -2.41. The lowest BCUT2D eigenvalue weighted by atomic mass is 10.00. The van der Waals surface area contributed by atoms with Gasteiger partial charge in [0.05, 0.1) is 17.2 Å². The number of carbonyl (C=O) groups is 2. The van der Waals surface area contributed by atoms with Gasteiger partial charge < -0.3 is 9.80 Å². The van der Waals surface area contributed by atoms with E-state index in [2.05, 4.69) is 11.6 Å². The second kappa shape index (κ2) is 8.46. The minimum Gasteiger partial charge on any atom is -0.335 e. The van der Waals surface area contributed by atoms with Gasteiger partial charge >= 0.3 is 6.18 Å². The van der Waals surface area contributed by atoms with E-state index in [-0.39, 0.29) is 25.5 Å². The van der Waals surface area contributed by atoms with Gasteiger partial charge in [0.15, 0.2) is 0 Å². The number of amides is 2. The predicted octanol–water partition coefficient (Wildman–Crippen LogP) is 3.18. The molecule has 1 saturated heterocycles. The van der Waals surface area contributed by atoms with Crippen LogP contribution in [-0.4, -0.2) is 52.3 Å². The number of halogens is 3. The Balaban J connectivity index is 1.92. The van der Waals surface area contributed by atoms with Crippen molar-refractivity contribution in [2.75, 3.05) is 19.6 Å². The van der Waals surface area contributed by atoms with E-state index in [9.17, 15) is 22.8 Å². The Labute approximate surface area is 166 Å².